The Hall–Kier alpha value is -2.11. The molecule has 2 bridgehead atoms. The van der Waals surface area contributed by atoms with Crippen LogP contribution in [0.25, 0.3) is 11.1 Å². The number of nitro groups is 1. The van der Waals surface area contributed by atoms with Crippen molar-refractivity contribution in [2.45, 2.75) is 25.7 Å². The molecular weight excluding hydrogens is 270 g/mol. The standard InChI is InChI=1S/C15H17N3O3/c19-18(20)12-3-4-14-13(7-12)17-15(21-14)16-8-11-6-9-1-2-10(11)5-9/h3-4,7,9-11H,1-2,5-6,8H2,(H,16,17). The van der Waals surface area contributed by atoms with Crippen molar-refractivity contribution in [1.82, 2.24) is 4.98 Å². The number of nitrogens with zero attached hydrogens (tertiary/aromatic N) is 2. The molecule has 0 amide bonds. The van der Waals surface area contributed by atoms with E-state index in [0.717, 1.165) is 18.4 Å². The first-order chi connectivity index (χ1) is 10.2. The second-order valence-electron chi connectivity index (χ2n) is 6.24. The highest BCUT2D eigenvalue weighted by molar-refractivity contribution is 5.77. The Kier molecular flexibility index (Phi) is 2.83. The number of benzene rings is 1. The normalized spacial score (nSPS) is 27.3. The molecule has 0 radical (unpaired) electrons. The molecular formula is C15H17N3O3. The van der Waals surface area contributed by atoms with Crippen LogP contribution in [0.2, 0.25) is 0 Å². The average Bonchev–Trinajstić information content (AvgIpc) is 3.18. The lowest BCUT2D eigenvalue weighted by Crippen LogP contribution is -2.20. The smallest absolute Gasteiger partial charge is 0.295 e. The van der Waals surface area contributed by atoms with Gasteiger partial charge in [0.05, 0.1) is 4.92 Å². The van der Waals surface area contributed by atoms with Gasteiger partial charge < -0.3 is 9.73 Å². The Morgan fingerprint density at radius 2 is 2.29 bits per heavy atom. The summed E-state index contributed by atoms with van der Waals surface area (Å²) in [5.74, 6) is 2.49. The molecule has 1 aromatic heterocycles. The summed E-state index contributed by atoms with van der Waals surface area (Å²) in [5, 5.41) is 14.0. The maximum Gasteiger partial charge on any atom is 0.295 e. The number of hydrogen-bond acceptors (Lipinski definition) is 5. The van der Waals surface area contributed by atoms with Crippen LogP contribution >= 0.6 is 0 Å². The minimum atomic E-state index is -0.420. The Labute approximate surface area is 121 Å². The minimum absolute atomic E-state index is 0.0375. The molecule has 2 saturated carbocycles. The van der Waals surface area contributed by atoms with Crippen LogP contribution in [0.5, 0.6) is 0 Å². The second-order valence-corrected chi connectivity index (χ2v) is 6.24. The van der Waals surface area contributed by atoms with Gasteiger partial charge in [0.25, 0.3) is 11.7 Å². The van der Waals surface area contributed by atoms with Gasteiger partial charge in [-0.2, -0.15) is 4.98 Å². The summed E-state index contributed by atoms with van der Waals surface area (Å²) in [7, 11) is 0. The number of anilines is 1. The van der Waals surface area contributed by atoms with Crippen molar-refractivity contribution in [3.63, 3.8) is 0 Å². The number of oxazole rings is 1. The first-order valence-electron chi connectivity index (χ1n) is 7.48. The summed E-state index contributed by atoms with van der Waals surface area (Å²) in [6.07, 6.45) is 5.44. The Balaban J connectivity index is 1.48. The molecule has 0 saturated heterocycles. The van der Waals surface area contributed by atoms with Gasteiger partial charge >= 0.3 is 0 Å². The van der Waals surface area contributed by atoms with E-state index >= 15 is 0 Å². The molecule has 6 heteroatoms. The van der Waals surface area contributed by atoms with Gasteiger partial charge in [0.15, 0.2) is 5.58 Å². The maximum atomic E-state index is 10.8. The lowest BCUT2D eigenvalue weighted by atomic mass is 9.89. The third-order valence-electron chi connectivity index (χ3n) is 4.98. The lowest BCUT2D eigenvalue weighted by molar-refractivity contribution is -0.384. The monoisotopic (exact) mass is 287 g/mol. The minimum Gasteiger partial charge on any atom is -0.424 e. The topological polar surface area (TPSA) is 81.2 Å². The first kappa shape index (κ1) is 12.6. The van der Waals surface area contributed by atoms with Crippen LogP contribution in [-0.4, -0.2) is 16.5 Å². The SMILES string of the molecule is O=[N+]([O-])c1ccc2oc(NCC3CC4CCC3C4)nc2c1. The van der Waals surface area contributed by atoms with Crippen LogP contribution in [0, 0.1) is 27.9 Å². The number of nitrogens with one attached hydrogen (secondary N) is 1. The molecule has 2 aliphatic carbocycles. The number of rotatable bonds is 4. The molecule has 2 fully saturated rings. The van der Waals surface area contributed by atoms with E-state index in [0.29, 0.717) is 23.0 Å². The summed E-state index contributed by atoms with van der Waals surface area (Å²) >= 11 is 0. The van der Waals surface area contributed by atoms with E-state index < -0.39 is 4.92 Å². The Bertz CT molecular complexity index is 697. The van der Waals surface area contributed by atoms with Gasteiger partial charge in [-0.15, -0.1) is 0 Å². The van der Waals surface area contributed by atoms with Gasteiger partial charge in [-0.05, 0) is 43.1 Å². The summed E-state index contributed by atoms with van der Waals surface area (Å²) < 4.78 is 5.60. The quantitative estimate of drug-likeness (QED) is 0.686. The van der Waals surface area contributed by atoms with Crippen molar-refractivity contribution < 1.29 is 9.34 Å². The third kappa shape index (κ3) is 2.24. The Morgan fingerprint density at radius 1 is 1.38 bits per heavy atom. The number of fused-ring (bicyclic) bond motifs is 3. The summed E-state index contributed by atoms with van der Waals surface area (Å²) in [6, 6.07) is 4.95. The zero-order valence-electron chi connectivity index (χ0n) is 11.6. The van der Waals surface area contributed by atoms with Crippen molar-refractivity contribution in [3.8, 4) is 0 Å². The molecule has 1 aromatic carbocycles. The summed E-state index contributed by atoms with van der Waals surface area (Å²) in [4.78, 5) is 14.6. The van der Waals surface area contributed by atoms with Crippen LogP contribution in [0.3, 0.4) is 0 Å². The molecule has 3 atom stereocenters. The molecule has 1 N–H and O–H groups in total. The summed E-state index contributed by atoms with van der Waals surface area (Å²) in [6.45, 7) is 0.885. The van der Waals surface area contributed by atoms with E-state index in [9.17, 15) is 10.1 Å². The fourth-order valence-electron chi connectivity index (χ4n) is 3.95. The predicted molar refractivity (Wildman–Crippen MR) is 78.1 cm³/mol. The molecule has 3 unspecified atom stereocenters. The van der Waals surface area contributed by atoms with Crippen molar-refractivity contribution >= 4 is 22.8 Å². The lowest BCUT2D eigenvalue weighted by Gasteiger charge is -2.21. The second kappa shape index (κ2) is 4.72. The highest BCUT2D eigenvalue weighted by Crippen LogP contribution is 2.48. The number of hydrogen-bond donors (Lipinski definition) is 1. The molecule has 2 aromatic rings. The average molecular weight is 287 g/mol. The number of non-ortho nitro benzene ring substituents is 1. The fourth-order valence-corrected chi connectivity index (χ4v) is 3.95. The van der Waals surface area contributed by atoms with Gasteiger partial charge in [-0.1, -0.05) is 6.42 Å². The van der Waals surface area contributed by atoms with Gasteiger partial charge in [-0.3, -0.25) is 10.1 Å². The molecule has 6 nitrogen and oxygen atoms in total. The molecule has 2 aliphatic rings. The van der Waals surface area contributed by atoms with Crippen LogP contribution in [0.1, 0.15) is 25.7 Å². The van der Waals surface area contributed by atoms with Crippen molar-refractivity contribution in [2.24, 2.45) is 17.8 Å². The first-order valence-corrected chi connectivity index (χ1v) is 7.48. The molecule has 4 rings (SSSR count). The zero-order valence-corrected chi connectivity index (χ0v) is 11.6. The van der Waals surface area contributed by atoms with E-state index in [2.05, 4.69) is 10.3 Å². The van der Waals surface area contributed by atoms with Crippen LogP contribution in [-0.2, 0) is 0 Å². The maximum absolute atomic E-state index is 10.8. The van der Waals surface area contributed by atoms with Crippen LogP contribution in [0.4, 0.5) is 11.7 Å². The van der Waals surface area contributed by atoms with Gasteiger partial charge in [0.2, 0.25) is 0 Å². The summed E-state index contributed by atoms with van der Waals surface area (Å²) in [5.41, 5.74) is 1.14. The highest BCUT2D eigenvalue weighted by Gasteiger charge is 2.39. The van der Waals surface area contributed by atoms with Crippen LogP contribution in [0.15, 0.2) is 22.6 Å². The third-order valence-corrected chi connectivity index (χ3v) is 4.98. The largest absolute Gasteiger partial charge is 0.424 e. The molecule has 21 heavy (non-hydrogen) atoms. The predicted octanol–water partition coefficient (Wildman–Crippen LogP) is 3.58. The molecule has 0 aliphatic heterocycles. The van der Waals surface area contributed by atoms with Crippen LogP contribution < -0.4 is 5.32 Å². The number of nitro benzene ring substituents is 1. The molecule has 110 valence electrons. The van der Waals surface area contributed by atoms with Gasteiger partial charge in [0, 0.05) is 18.7 Å². The van der Waals surface area contributed by atoms with E-state index in [-0.39, 0.29) is 5.69 Å². The van der Waals surface area contributed by atoms with Gasteiger partial charge in [-0.25, -0.2) is 0 Å². The van der Waals surface area contributed by atoms with Crippen molar-refractivity contribution in [1.29, 1.82) is 0 Å². The fraction of sp³-hybridized carbons (Fsp3) is 0.533. The van der Waals surface area contributed by atoms with E-state index in [1.165, 1.54) is 37.8 Å². The molecule has 1 heterocycles. The van der Waals surface area contributed by atoms with E-state index in [1.807, 2.05) is 0 Å². The van der Waals surface area contributed by atoms with Gasteiger partial charge in [0.1, 0.15) is 5.52 Å². The highest BCUT2D eigenvalue weighted by atomic mass is 16.6. The van der Waals surface area contributed by atoms with E-state index in [1.54, 1.807) is 6.07 Å². The number of aromatic nitrogens is 1. The van der Waals surface area contributed by atoms with Crippen molar-refractivity contribution in [2.75, 3.05) is 11.9 Å². The van der Waals surface area contributed by atoms with Crippen molar-refractivity contribution in [3.05, 3.63) is 28.3 Å². The zero-order chi connectivity index (χ0) is 14.4. The molecule has 0 spiro atoms. The Morgan fingerprint density at radius 3 is 3.00 bits per heavy atom. The van der Waals surface area contributed by atoms with E-state index in [4.69, 9.17) is 4.42 Å².